The number of aryl methyl sites for hydroxylation is 1. The zero-order chi connectivity index (χ0) is 14.7. The number of ether oxygens (including phenoxy) is 1. The number of pyridine rings is 1. The molecule has 0 saturated carbocycles. The van der Waals surface area contributed by atoms with E-state index < -0.39 is 12.0 Å². The van der Waals surface area contributed by atoms with Crippen LogP contribution < -0.4 is 4.74 Å². The summed E-state index contributed by atoms with van der Waals surface area (Å²) < 4.78 is 5.41. The number of hydrogen-bond donors (Lipinski definition) is 1. The first-order valence-electron chi connectivity index (χ1n) is 7.00. The molecule has 1 aliphatic rings. The second kappa shape index (κ2) is 6.22. The first-order valence-corrected chi connectivity index (χ1v) is 7.00. The van der Waals surface area contributed by atoms with Gasteiger partial charge >= 0.3 is 5.97 Å². The first-order chi connectivity index (χ1) is 9.54. The van der Waals surface area contributed by atoms with Crippen molar-refractivity contribution in [2.45, 2.75) is 45.7 Å². The Morgan fingerprint density at radius 3 is 2.90 bits per heavy atom. The zero-order valence-electron chi connectivity index (χ0n) is 12.3. The van der Waals surface area contributed by atoms with E-state index in [0.29, 0.717) is 6.54 Å². The maximum Gasteiger partial charge on any atom is 0.320 e. The van der Waals surface area contributed by atoms with Crippen molar-refractivity contribution in [1.82, 2.24) is 9.88 Å². The van der Waals surface area contributed by atoms with Crippen molar-refractivity contribution in [3.8, 4) is 5.75 Å². The summed E-state index contributed by atoms with van der Waals surface area (Å²) in [5, 5.41) is 9.31. The summed E-state index contributed by atoms with van der Waals surface area (Å²) >= 11 is 0. The van der Waals surface area contributed by atoms with Crippen LogP contribution in [0.4, 0.5) is 0 Å². The Balaban J connectivity index is 2.22. The quantitative estimate of drug-likeness (QED) is 0.914. The van der Waals surface area contributed by atoms with Crippen molar-refractivity contribution in [3.63, 3.8) is 0 Å². The SMILES string of the molecule is COc1c(C)cnc(CN2CCCCC2C(=O)O)c1C. The molecule has 1 fully saturated rings. The fraction of sp³-hybridized carbons (Fsp3) is 0.600. The molecule has 1 aromatic rings. The van der Waals surface area contributed by atoms with E-state index in [2.05, 4.69) is 4.98 Å². The lowest BCUT2D eigenvalue weighted by molar-refractivity contribution is -0.144. The molecular formula is C15H22N2O3. The number of rotatable bonds is 4. The van der Waals surface area contributed by atoms with Gasteiger partial charge in [-0.3, -0.25) is 14.7 Å². The number of aromatic nitrogens is 1. The van der Waals surface area contributed by atoms with Crippen LogP contribution in [0.3, 0.4) is 0 Å². The average molecular weight is 278 g/mol. The molecule has 1 atom stereocenters. The fourth-order valence-electron chi connectivity index (χ4n) is 2.88. The summed E-state index contributed by atoms with van der Waals surface area (Å²) in [4.78, 5) is 17.8. The van der Waals surface area contributed by atoms with Gasteiger partial charge in [0.25, 0.3) is 0 Å². The Hall–Kier alpha value is -1.62. The minimum atomic E-state index is -0.735. The number of piperidine rings is 1. The highest BCUT2D eigenvalue weighted by molar-refractivity contribution is 5.73. The van der Waals surface area contributed by atoms with Crippen molar-refractivity contribution in [3.05, 3.63) is 23.0 Å². The molecule has 1 aliphatic heterocycles. The summed E-state index contributed by atoms with van der Waals surface area (Å²) in [6, 6.07) is -0.391. The van der Waals surface area contributed by atoms with Crippen molar-refractivity contribution >= 4 is 5.97 Å². The van der Waals surface area contributed by atoms with Crippen molar-refractivity contribution in [2.24, 2.45) is 0 Å². The smallest absolute Gasteiger partial charge is 0.320 e. The highest BCUT2D eigenvalue weighted by atomic mass is 16.5. The molecule has 5 heteroatoms. The Labute approximate surface area is 119 Å². The van der Waals surface area contributed by atoms with Gasteiger partial charge in [0.1, 0.15) is 11.8 Å². The van der Waals surface area contributed by atoms with Gasteiger partial charge in [-0.15, -0.1) is 0 Å². The predicted octanol–water partition coefficient (Wildman–Crippen LogP) is 2.15. The topological polar surface area (TPSA) is 62.7 Å². The van der Waals surface area contributed by atoms with Gasteiger partial charge in [-0.2, -0.15) is 0 Å². The van der Waals surface area contributed by atoms with Gasteiger partial charge in [-0.1, -0.05) is 6.42 Å². The number of nitrogens with zero attached hydrogens (tertiary/aromatic N) is 2. The van der Waals surface area contributed by atoms with Crippen LogP contribution in [0.2, 0.25) is 0 Å². The molecule has 0 aliphatic carbocycles. The molecule has 1 aromatic heterocycles. The van der Waals surface area contributed by atoms with Crippen LogP contribution in [-0.4, -0.2) is 40.7 Å². The summed E-state index contributed by atoms with van der Waals surface area (Å²) in [7, 11) is 1.65. The van der Waals surface area contributed by atoms with Crippen LogP contribution in [0, 0.1) is 13.8 Å². The average Bonchev–Trinajstić information content (AvgIpc) is 2.43. The molecule has 2 rings (SSSR count). The lowest BCUT2D eigenvalue weighted by atomic mass is 10.0. The molecule has 1 N–H and O–H groups in total. The van der Waals surface area contributed by atoms with E-state index in [-0.39, 0.29) is 0 Å². The van der Waals surface area contributed by atoms with Crippen molar-refractivity contribution in [1.29, 1.82) is 0 Å². The summed E-state index contributed by atoms with van der Waals surface area (Å²) in [5.74, 6) is 0.111. The standard InChI is InChI=1S/C15H22N2O3/c1-10-8-16-12(11(2)14(10)20-3)9-17-7-5-4-6-13(17)15(18)19/h8,13H,4-7,9H2,1-3H3,(H,18,19). The third-order valence-electron chi connectivity index (χ3n) is 4.00. The fourth-order valence-corrected chi connectivity index (χ4v) is 2.88. The largest absolute Gasteiger partial charge is 0.496 e. The van der Waals surface area contributed by atoms with Gasteiger partial charge < -0.3 is 9.84 Å². The molecule has 110 valence electrons. The number of aliphatic carboxylic acids is 1. The van der Waals surface area contributed by atoms with E-state index in [1.807, 2.05) is 18.7 Å². The Kier molecular flexibility index (Phi) is 4.60. The first kappa shape index (κ1) is 14.8. The van der Waals surface area contributed by atoms with E-state index in [1.165, 1.54) is 0 Å². The van der Waals surface area contributed by atoms with Gasteiger partial charge in [0, 0.05) is 23.9 Å². The summed E-state index contributed by atoms with van der Waals surface area (Å²) in [6.07, 6.45) is 4.54. The maximum absolute atomic E-state index is 11.3. The second-order valence-electron chi connectivity index (χ2n) is 5.37. The Morgan fingerprint density at radius 1 is 1.50 bits per heavy atom. The molecule has 5 nitrogen and oxygen atoms in total. The highest BCUT2D eigenvalue weighted by Gasteiger charge is 2.29. The Morgan fingerprint density at radius 2 is 2.25 bits per heavy atom. The minimum Gasteiger partial charge on any atom is -0.496 e. The number of methoxy groups -OCH3 is 1. The molecular weight excluding hydrogens is 256 g/mol. The lowest BCUT2D eigenvalue weighted by Gasteiger charge is -2.33. The number of hydrogen-bond acceptors (Lipinski definition) is 4. The molecule has 0 amide bonds. The monoisotopic (exact) mass is 278 g/mol. The van der Waals surface area contributed by atoms with Crippen molar-refractivity contribution < 1.29 is 14.6 Å². The van der Waals surface area contributed by atoms with Gasteiger partial charge in [-0.25, -0.2) is 0 Å². The zero-order valence-corrected chi connectivity index (χ0v) is 12.3. The second-order valence-corrected chi connectivity index (χ2v) is 5.37. The molecule has 20 heavy (non-hydrogen) atoms. The number of carboxylic acids is 1. The molecule has 0 aromatic carbocycles. The predicted molar refractivity (Wildman–Crippen MR) is 75.9 cm³/mol. The highest BCUT2D eigenvalue weighted by Crippen LogP contribution is 2.26. The third kappa shape index (κ3) is 2.93. The molecule has 1 saturated heterocycles. The molecule has 1 unspecified atom stereocenters. The van der Waals surface area contributed by atoms with E-state index in [0.717, 1.165) is 48.4 Å². The van der Waals surface area contributed by atoms with Crippen LogP contribution in [0.15, 0.2) is 6.20 Å². The molecule has 0 spiro atoms. The van der Waals surface area contributed by atoms with Crippen LogP contribution in [0.5, 0.6) is 5.75 Å². The summed E-state index contributed by atoms with van der Waals surface area (Å²) in [5.41, 5.74) is 2.91. The van der Waals surface area contributed by atoms with Gasteiger partial charge in [-0.05, 0) is 33.2 Å². The lowest BCUT2D eigenvalue weighted by Crippen LogP contribution is -2.44. The van der Waals surface area contributed by atoms with E-state index in [1.54, 1.807) is 13.3 Å². The maximum atomic E-state index is 11.3. The molecule has 0 radical (unpaired) electrons. The summed E-state index contributed by atoms with van der Waals surface area (Å²) in [6.45, 7) is 5.32. The van der Waals surface area contributed by atoms with Crippen LogP contribution in [-0.2, 0) is 11.3 Å². The number of carbonyl (C=O) groups is 1. The van der Waals surface area contributed by atoms with Gasteiger partial charge in [0.2, 0.25) is 0 Å². The van der Waals surface area contributed by atoms with E-state index in [4.69, 9.17) is 4.74 Å². The van der Waals surface area contributed by atoms with Gasteiger partial charge in [0.05, 0.1) is 12.8 Å². The minimum absolute atomic E-state index is 0.391. The number of likely N-dealkylation sites (tertiary alicyclic amines) is 1. The van der Waals surface area contributed by atoms with Crippen LogP contribution in [0.1, 0.15) is 36.1 Å². The molecule has 0 bridgehead atoms. The number of carboxylic acid groups (broad SMARTS) is 1. The van der Waals surface area contributed by atoms with Crippen LogP contribution >= 0.6 is 0 Å². The van der Waals surface area contributed by atoms with Gasteiger partial charge in [0.15, 0.2) is 0 Å². The normalized spacial score (nSPS) is 19.9. The van der Waals surface area contributed by atoms with E-state index in [9.17, 15) is 9.90 Å². The van der Waals surface area contributed by atoms with Crippen LogP contribution in [0.25, 0.3) is 0 Å². The van der Waals surface area contributed by atoms with Crippen molar-refractivity contribution in [2.75, 3.05) is 13.7 Å². The van der Waals surface area contributed by atoms with E-state index >= 15 is 0 Å². The third-order valence-corrected chi connectivity index (χ3v) is 4.00. The Bertz CT molecular complexity index is 502. The molecule has 2 heterocycles.